The number of ether oxygens (including phenoxy) is 2. The molecule has 0 spiro atoms. The summed E-state index contributed by atoms with van der Waals surface area (Å²) in [6.07, 6.45) is 0.720. The van der Waals surface area contributed by atoms with Crippen LogP contribution in [0.3, 0.4) is 0 Å². The number of nitrogens with zero attached hydrogens (tertiary/aromatic N) is 1. The van der Waals surface area contributed by atoms with E-state index in [0.717, 1.165) is 16.2 Å². The van der Waals surface area contributed by atoms with Gasteiger partial charge in [-0.3, -0.25) is 4.79 Å². The number of aryl methyl sites for hydroxylation is 1. The van der Waals surface area contributed by atoms with Gasteiger partial charge in [0, 0.05) is 25.6 Å². The Hall–Kier alpha value is -2.47. The van der Waals surface area contributed by atoms with Crippen LogP contribution in [0.15, 0.2) is 59.5 Å². The second-order valence-electron chi connectivity index (χ2n) is 7.43. The molecule has 3 aromatic rings. The Morgan fingerprint density at radius 2 is 1.67 bits per heavy atom. The van der Waals surface area contributed by atoms with Crippen LogP contribution in [0.2, 0.25) is 0 Å². The van der Waals surface area contributed by atoms with Crippen molar-refractivity contribution in [2.45, 2.75) is 12.5 Å². The van der Waals surface area contributed by atoms with E-state index in [1.807, 2.05) is 6.07 Å². The number of nitrogens with one attached hydrogen (secondary N) is 2. The van der Waals surface area contributed by atoms with E-state index in [0.29, 0.717) is 22.6 Å². The third kappa shape index (κ3) is 8.02. The van der Waals surface area contributed by atoms with Crippen LogP contribution >= 0.6 is 0 Å². The average Bonchev–Trinajstić information content (AvgIpc) is 2.83. The number of hydrogen-bond donors (Lipinski definition) is 2. The number of rotatable bonds is 8. The smallest absolute Gasteiger partial charge is 0.871 e. The zero-order chi connectivity index (χ0) is 24.8. The number of amides is 2. The molecule has 2 amide bonds. The minimum Gasteiger partial charge on any atom is -0.871 e. The van der Waals surface area contributed by atoms with E-state index in [1.54, 1.807) is 43.5 Å². The van der Waals surface area contributed by atoms with Gasteiger partial charge in [-0.25, -0.2) is 4.79 Å². The number of benzene rings is 2. The molecule has 0 unspecified atom stereocenters. The van der Waals surface area contributed by atoms with E-state index in [2.05, 4.69) is 10.6 Å². The molecule has 0 saturated heterocycles. The van der Waals surface area contributed by atoms with Gasteiger partial charge in [0.05, 0.1) is 20.3 Å². The standard InChI is InChI=1S/C24H25N3O7.2Na/c1-27-8-7-20(28)22(23(27)31)26-24(32)25-19(13-21(29)30)16-9-15(11-18(12-16)34-3)14-5-4-6-17(10-14)33-2;;/h4-12,19,28H,13H2,1-3H3,(H,29,30)(H2,25,26,32);;/q;2*+1/p-2/t19-;;/m0../s1. The van der Waals surface area contributed by atoms with E-state index < -0.39 is 41.5 Å². The molecule has 12 heteroatoms. The maximum Gasteiger partial charge on any atom is 1.00 e. The van der Waals surface area contributed by atoms with Crippen molar-refractivity contribution in [2.24, 2.45) is 7.05 Å². The molecule has 36 heavy (non-hydrogen) atoms. The summed E-state index contributed by atoms with van der Waals surface area (Å²) in [5.41, 5.74) is 0.746. The van der Waals surface area contributed by atoms with E-state index in [4.69, 9.17) is 9.47 Å². The van der Waals surface area contributed by atoms with Crippen LogP contribution in [-0.4, -0.2) is 30.8 Å². The molecule has 2 aromatic carbocycles. The van der Waals surface area contributed by atoms with Crippen molar-refractivity contribution in [1.29, 1.82) is 0 Å². The number of aliphatic carboxylic acids is 1. The molecule has 2 N–H and O–H groups in total. The molecule has 3 rings (SSSR count). The number of aromatic nitrogens is 1. The van der Waals surface area contributed by atoms with Crippen LogP contribution in [0.5, 0.6) is 17.2 Å². The summed E-state index contributed by atoms with van der Waals surface area (Å²) in [7, 11) is 4.44. The van der Waals surface area contributed by atoms with Gasteiger partial charge in [0.2, 0.25) is 0 Å². The number of hydrogen-bond acceptors (Lipinski definition) is 7. The molecule has 0 saturated carbocycles. The molecular weight excluding hydrogens is 488 g/mol. The maximum absolute atomic E-state index is 12.6. The number of anilines is 1. The fraction of sp³-hybridized carbons (Fsp3) is 0.208. The van der Waals surface area contributed by atoms with Crippen LogP contribution in [0.4, 0.5) is 10.5 Å². The molecule has 0 aliphatic rings. The Labute approximate surface area is 252 Å². The molecule has 1 heterocycles. The molecule has 0 radical (unpaired) electrons. The summed E-state index contributed by atoms with van der Waals surface area (Å²) in [6.45, 7) is 0. The van der Waals surface area contributed by atoms with Gasteiger partial charge in [0.15, 0.2) is 0 Å². The van der Waals surface area contributed by atoms with Gasteiger partial charge in [0.25, 0.3) is 5.56 Å². The molecular formula is C24H23N3Na2O7. The van der Waals surface area contributed by atoms with Gasteiger partial charge in [-0.15, -0.1) is 0 Å². The second-order valence-corrected chi connectivity index (χ2v) is 7.43. The molecule has 0 aliphatic carbocycles. The number of methoxy groups -OCH3 is 2. The Morgan fingerprint density at radius 1 is 1.00 bits per heavy atom. The van der Waals surface area contributed by atoms with Gasteiger partial charge in [0.1, 0.15) is 17.2 Å². The number of pyridine rings is 1. The molecule has 1 aromatic heterocycles. The van der Waals surface area contributed by atoms with Gasteiger partial charge in [-0.05, 0) is 47.0 Å². The van der Waals surface area contributed by atoms with E-state index in [9.17, 15) is 24.6 Å². The van der Waals surface area contributed by atoms with E-state index in [-0.39, 0.29) is 59.1 Å². The first-order valence-electron chi connectivity index (χ1n) is 10.2. The number of carbonyl (C=O) groups excluding carboxylic acids is 2. The van der Waals surface area contributed by atoms with Crippen molar-refractivity contribution in [1.82, 2.24) is 9.88 Å². The van der Waals surface area contributed by atoms with Crippen LogP contribution < -0.4 is 95.0 Å². The Morgan fingerprint density at radius 3 is 2.31 bits per heavy atom. The first-order valence-corrected chi connectivity index (χ1v) is 10.2. The molecule has 0 bridgehead atoms. The van der Waals surface area contributed by atoms with E-state index in [1.165, 1.54) is 20.4 Å². The summed E-state index contributed by atoms with van der Waals surface area (Å²) in [5.74, 6) is -1.02. The van der Waals surface area contributed by atoms with Crippen molar-refractivity contribution in [3.05, 3.63) is 70.6 Å². The monoisotopic (exact) mass is 511 g/mol. The summed E-state index contributed by atoms with van der Waals surface area (Å²) in [6, 6.07) is 11.4. The summed E-state index contributed by atoms with van der Waals surface area (Å²) in [5, 5.41) is 28.2. The van der Waals surface area contributed by atoms with Crippen LogP contribution in [0.1, 0.15) is 18.0 Å². The first-order chi connectivity index (χ1) is 16.2. The van der Waals surface area contributed by atoms with Crippen molar-refractivity contribution in [2.75, 3.05) is 19.5 Å². The second kappa shape index (κ2) is 14.3. The summed E-state index contributed by atoms with van der Waals surface area (Å²) >= 11 is 0. The topological polar surface area (TPSA) is 145 Å². The Kier molecular flexibility index (Phi) is 12.5. The molecule has 10 nitrogen and oxygen atoms in total. The fourth-order valence-electron chi connectivity index (χ4n) is 3.36. The van der Waals surface area contributed by atoms with Gasteiger partial charge < -0.3 is 39.7 Å². The third-order valence-corrected chi connectivity index (χ3v) is 5.11. The number of carboxylic acid groups (broad SMARTS) is 1. The zero-order valence-corrected chi connectivity index (χ0v) is 24.8. The SMILES string of the molecule is COc1cccc(-c2cc(OC)cc([C@H](CC(=O)[O-])NC(=O)Nc3c([O-])ccn(C)c3=O)c2)c1.[Na+].[Na+]. The first kappa shape index (κ1) is 31.6. The summed E-state index contributed by atoms with van der Waals surface area (Å²) < 4.78 is 11.8. The predicted octanol–water partition coefficient (Wildman–Crippen LogP) is -4.85. The number of carbonyl (C=O) groups is 2. The quantitative estimate of drug-likeness (QED) is 0.289. The van der Waals surface area contributed by atoms with Crippen LogP contribution in [0.25, 0.3) is 11.1 Å². The maximum atomic E-state index is 12.6. The third-order valence-electron chi connectivity index (χ3n) is 5.11. The number of carboxylic acids is 1. The fourth-order valence-corrected chi connectivity index (χ4v) is 3.36. The number of urea groups is 1. The summed E-state index contributed by atoms with van der Waals surface area (Å²) in [4.78, 5) is 36.2. The van der Waals surface area contributed by atoms with Crippen LogP contribution in [0, 0.1) is 0 Å². The van der Waals surface area contributed by atoms with E-state index >= 15 is 0 Å². The molecule has 1 atom stereocenters. The van der Waals surface area contributed by atoms with Crippen molar-refractivity contribution >= 4 is 17.7 Å². The van der Waals surface area contributed by atoms with Gasteiger partial charge in [-0.2, -0.15) is 0 Å². The van der Waals surface area contributed by atoms with Crippen LogP contribution in [-0.2, 0) is 11.8 Å². The molecule has 0 fully saturated rings. The average molecular weight is 511 g/mol. The predicted molar refractivity (Wildman–Crippen MR) is 121 cm³/mol. The van der Waals surface area contributed by atoms with Crippen molar-refractivity contribution in [3.8, 4) is 28.4 Å². The zero-order valence-electron chi connectivity index (χ0n) is 20.8. The van der Waals surface area contributed by atoms with Gasteiger partial charge >= 0.3 is 65.1 Å². The van der Waals surface area contributed by atoms with Crippen molar-refractivity contribution in [3.63, 3.8) is 0 Å². The molecule has 0 aliphatic heterocycles. The molecule has 178 valence electrons. The minimum absolute atomic E-state index is 0. The normalized spacial score (nSPS) is 10.8. The van der Waals surface area contributed by atoms with Gasteiger partial charge in [-0.1, -0.05) is 23.9 Å². The Balaban J connectivity index is 0.00000324. The minimum atomic E-state index is -1.41. The Bertz CT molecular complexity index is 1280. The largest absolute Gasteiger partial charge is 1.00 e. The van der Waals surface area contributed by atoms with Crippen molar-refractivity contribution < 1.29 is 88.4 Å².